The summed E-state index contributed by atoms with van der Waals surface area (Å²) in [7, 11) is 0. The zero-order valence-electron chi connectivity index (χ0n) is 11.7. The van der Waals surface area contributed by atoms with Crippen molar-refractivity contribution in [3.8, 4) is 5.75 Å². The lowest BCUT2D eigenvalue weighted by molar-refractivity contribution is 0.148. The number of alkyl carbamates (subject to hydrolysis) is 1. The molecule has 5 nitrogen and oxygen atoms in total. The number of carbonyl (C=O) groups is 1. The van der Waals surface area contributed by atoms with Crippen molar-refractivity contribution in [1.82, 2.24) is 5.32 Å². The summed E-state index contributed by atoms with van der Waals surface area (Å²) in [6.45, 7) is 6.35. The molecule has 0 saturated heterocycles. The number of nitrogens with two attached hydrogens (primary N) is 1. The van der Waals surface area contributed by atoms with Gasteiger partial charge in [0.2, 0.25) is 0 Å². The van der Waals surface area contributed by atoms with E-state index in [0.29, 0.717) is 13.2 Å². The van der Waals surface area contributed by atoms with Crippen molar-refractivity contribution in [3.63, 3.8) is 0 Å². The lowest BCUT2D eigenvalue weighted by Crippen LogP contribution is -2.33. The summed E-state index contributed by atoms with van der Waals surface area (Å²) in [5.41, 5.74) is 6.59. The van der Waals surface area contributed by atoms with Gasteiger partial charge >= 0.3 is 6.09 Å². The van der Waals surface area contributed by atoms with E-state index in [0.717, 1.165) is 11.3 Å². The van der Waals surface area contributed by atoms with Crippen molar-refractivity contribution >= 4 is 6.09 Å². The van der Waals surface area contributed by atoms with Crippen LogP contribution in [-0.4, -0.2) is 25.3 Å². The third kappa shape index (κ3) is 5.18. The van der Waals surface area contributed by atoms with Crippen molar-refractivity contribution in [1.29, 1.82) is 0 Å². The Kier molecular flexibility index (Phi) is 6.15. The summed E-state index contributed by atoms with van der Waals surface area (Å²) in [5.74, 6) is 0.797. The number of amides is 1. The smallest absolute Gasteiger partial charge is 0.407 e. The average Bonchev–Trinajstić information content (AvgIpc) is 2.37. The molecule has 0 aliphatic carbocycles. The van der Waals surface area contributed by atoms with E-state index in [1.54, 1.807) is 6.92 Å². The quantitative estimate of drug-likeness (QED) is 0.828. The second-order valence-corrected chi connectivity index (χ2v) is 4.39. The van der Waals surface area contributed by atoms with E-state index in [2.05, 4.69) is 5.32 Å². The Balaban J connectivity index is 2.68. The maximum atomic E-state index is 11.4. The van der Waals surface area contributed by atoms with E-state index in [9.17, 15) is 4.79 Å². The molecule has 0 aliphatic rings. The second kappa shape index (κ2) is 7.63. The van der Waals surface area contributed by atoms with Gasteiger partial charge in [-0.25, -0.2) is 4.79 Å². The largest absolute Gasteiger partial charge is 0.491 e. The van der Waals surface area contributed by atoms with Crippen LogP contribution in [0, 0.1) is 0 Å². The van der Waals surface area contributed by atoms with E-state index < -0.39 is 6.09 Å². The number of nitrogens with one attached hydrogen (secondary N) is 1. The van der Waals surface area contributed by atoms with Crippen LogP contribution in [0.3, 0.4) is 0 Å². The fourth-order valence-corrected chi connectivity index (χ4v) is 1.64. The Morgan fingerprint density at radius 1 is 1.32 bits per heavy atom. The Morgan fingerprint density at radius 2 is 1.95 bits per heavy atom. The number of ether oxygens (including phenoxy) is 2. The Bertz CT molecular complexity index is 390. The van der Waals surface area contributed by atoms with Crippen LogP contribution < -0.4 is 15.8 Å². The first-order valence-corrected chi connectivity index (χ1v) is 6.46. The highest BCUT2D eigenvalue weighted by atomic mass is 16.5. The highest BCUT2D eigenvalue weighted by Gasteiger charge is 2.13. The molecule has 0 heterocycles. The van der Waals surface area contributed by atoms with Gasteiger partial charge in [-0.15, -0.1) is 0 Å². The van der Waals surface area contributed by atoms with Gasteiger partial charge in [0.05, 0.1) is 18.8 Å². The van der Waals surface area contributed by atoms with Crippen LogP contribution in [0.1, 0.15) is 32.4 Å². The molecule has 1 aromatic rings. The van der Waals surface area contributed by atoms with Crippen LogP contribution in [0.4, 0.5) is 4.79 Å². The first-order valence-electron chi connectivity index (χ1n) is 6.46. The molecule has 0 spiro atoms. The van der Waals surface area contributed by atoms with Crippen LogP contribution in [0.2, 0.25) is 0 Å². The predicted octanol–water partition coefficient (Wildman–Crippen LogP) is 2.22. The van der Waals surface area contributed by atoms with E-state index in [-0.39, 0.29) is 12.1 Å². The van der Waals surface area contributed by atoms with Gasteiger partial charge in [-0.3, -0.25) is 0 Å². The van der Waals surface area contributed by atoms with Crippen LogP contribution in [0.15, 0.2) is 24.3 Å². The Hall–Kier alpha value is -1.75. The van der Waals surface area contributed by atoms with Crippen LogP contribution >= 0.6 is 0 Å². The minimum Gasteiger partial charge on any atom is -0.491 e. The molecule has 5 heteroatoms. The van der Waals surface area contributed by atoms with Gasteiger partial charge in [-0.1, -0.05) is 12.1 Å². The van der Waals surface area contributed by atoms with Gasteiger partial charge in [0.1, 0.15) is 5.75 Å². The monoisotopic (exact) mass is 266 g/mol. The molecule has 1 aromatic carbocycles. The number of carbonyl (C=O) groups excluding carboxylic acids is 1. The minimum atomic E-state index is -0.458. The predicted molar refractivity (Wildman–Crippen MR) is 74.2 cm³/mol. The minimum absolute atomic E-state index is 0.133. The Labute approximate surface area is 114 Å². The SMILES string of the molecule is CCOC(=O)NC(CN)c1ccc(OC(C)C)cc1. The maximum absolute atomic E-state index is 11.4. The molecule has 1 rings (SSSR count). The summed E-state index contributed by atoms with van der Waals surface area (Å²) < 4.78 is 10.4. The number of benzene rings is 1. The zero-order chi connectivity index (χ0) is 14.3. The molecule has 106 valence electrons. The first kappa shape index (κ1) is 15.3. The molecular weight excluding hydrogens is 244 g/mol. The molecule has 0 saturated carbocycles. The normalized spacial score (nSPS) is 12.1. The molecule has 0 bridgehead atoms. The summed E-state index contributed by atoms with van der Waals surface area (Å²) in [4.78, 5) is 11.4. The van der Waals surface area contributed by atoms with Crippen molar-refractivity contribution in [3.05, 3.63) is 29.8 Å². The van der Waals surface area contributed by atoms with Gasteiger partial charge in [0.25, 0.3) is 0 Å². The average molecular weight is 266 g/mol. The molecule has 1 amide bonds. The molecule has 0 aliphatic heterocycles. The van der Waals surface area contributed by atoms with Crippen LogP contribution in [0.5, 0.6) is 5.75 Å². The third-order valence-corrected chi connectivity index (χ3v) is 2.46. The molecule has 0 radical (unpaired) electrons. The highest BCUT2D eigenvalue weighted by molar-refractivity contribution is 5.67. The maximum Gasteiger partial charge on any atom is 0.407 e. The van der Waals surface area contributed by atoms with Crippen LogP contribution in [0.25, 0.3) is 0 Å². The fourth-order valence-electron chi connectivity index (χ4n) is 1.64. The zero-order valence-corrected chi connectivity index (χ0v) is 11.7. The lowest BCUT2D eigenvalue weighted by atomic mass is 10.1. The lowest BCUT2D eigenvalue weighted by Gasteiger charge is -2.17. The summed E-state index contributed by atoms with van der Waals surface area (Å²) in [5, 5.41) is 2.72. The van der Waals surface area contributed by atoms with Crippen molar-refractivity contribution in [2.75, 3.05) is 13.2 Å². The van der Waals surface area contributed by atoms with Crippen molar-refractivity contribution in [2.45, 2.75) is 32.9 Å². The van der Waals surface area contributed by atoms with E-state index in [1.807, 2.05) is 38.1 Å². The van der Waals surface area contributed by atoms with Crippen LogP contribution in [-0.2, 0) is 4.74 Å². The summed E-state index contributed by atoms with van der Waals surface area (Å²) in [6.07, 6.45) is -0.325. The van der Waals surface area contributed by atoms with Gasteiger partial charge in [0.15, 0.2) is 0 Å². The van der Waals surface area contributed by atoms with Gasteiger partial charge in [0, 0.05) is 6.54 Å². The molecule has 1 atom stereocenters. The van der Waals surface area contributed by atoms with E-state index in [1.165, 1.54) is 0 Å². The highest BCUT2D eigenvalue weighted by Crippen LogP contribution is 2.18. The van der Waals surface area contributed by atoms with Crippen molar-refractivity contribution in [2.24, 2.45) is 5.73 Å². The molecule has 0 fully saturated rings. The van der Waals surface area contributed by atoms with E-state index >= 15 is 0 Å². The van der Waals surface area contributed by atoms with Gasteiger partial charge in [-0.05, 0) is 38.5 Å². The molecule has 0 aromatic heterocycles. The van der Waals surface area contributed by atoms with E-state index in [4.69, 9.17) is 15.2 Å². The fraction of sp³-hybridized carbons (Fsp3) is 0.500. The standard InChI is InChI=1S/C14H22N2O3/c1-4-18-14(17)16-13(9-15)11-5-7-12(8-6-11)19-10(2)3/h5-8,10,13H,4,9,15H2,1-3H3,(H,16,17). The molecule has 19 heavy (non-hydrogen) atoms. The summed E-state index contributed by atoms with van der Waals surface area (Å²) >= 11 is 0. The third-order valence-electron chi connectivity index (χ3n) is 2.46. The topological polar surface area (TPSA) is 73.6 Å². The Morgan fingerprint density at radius 3 is 2.42 bits per heavy atom. The second-order valence-electron chi connectivity index (χ2n) is 4.39. The molecule has 1 unspecified atom stereocenters. The van der Waals surface area contributed by atoms with Gasteiger partial charge in [-0.2, -0.15) is 0 Å². The number of rotatable bonds is 6. The number of hydrogen-bond acceptors (Lipinski definition) is 4. The number of hydrogen-bond donors (Lipinski definition) is 2. The van der Waals surface area contributed by atoms with Gasteiger partial charge < -0.3 is 20.5 Å². The first-order chi connectivity index (χ1) is 9.06. The molecular formula is C14H22N2O3. The summed E-state index contributed by atoms with van der Waals surface area (Å²) in [6, 6.07) is 7.26. The molecule has 3 N–H and O–H groups in total. The van der Waals surface area contributed by atoms with Crippen molar-refractivity contribution < 1.29 is 14.3 Å².